The molecule has 2 aromatic carbocycles. The molecule has 0 saturated carbocycles. The molecule has 2 rings (SSSR count). The van der Waals surface area contributed by atoms with Gasteiger partial charge in [0.1, 0.15) is 6.04 Å². The van der Waals surface area contributed by atoms with E-state index in [0.717, 1.165) is 5.56 Å². The number of rotatable bonds is 9. The Bertz CT molecular complexity index is 1010. The molecule has 30 heavy (non-hydrogen) atoms. The van der Waals surface area contributed by atoms with Crippen molar-refractivity contribution in [2.75, 3.05) is 18.1 Å². The first-order valence-electron chi connectivity index (χ1n) is 9.22. The standard InChI is InChI=1S/C21H23N3O5S/c1-16-9-11-19(12-10-16)30(27,28)23-17(2)21(26)29-15-20(25)24(14-6-13-22)18-7-4-3-5-8-18/h3-5,7-12,17,23H,6,14-15H2,1-2H3/t17-/m0/s1. The summed E-state index contributed by atoms with van der Waals surface area (Å²) in [7, 11) is -3.91. The number of ether oxygens (including phenoxy) is 1. The fourth-order valence-corrected chi connectivity index (χ4v) is 3.76. The number of para-hydroxylation sites is 1. The first-order valence-corrected chi connectivity index (χ1v) is 10.7. The van der Waals surface area contributed by atoms with Crippen molar-refractivity contribution in [1.82, 2.24) is 4.72 Å². The van der Waals surface area contributed by atoms with Crippen molar-refractivity contribution < 1.29 is 22.7 Å². The highest BCUT2D eigenvalue weighted by Gasteiger charge is 2.25. The number of esters is 1. The molecule has 0 saturated heterocycles. The minimum absolute atomic E-state index is 0.0237. The number of benzene rings is 2. The lowest BCUT2D eigenvalue weighted by Crippen LogP contribution is -2.41. The van der Waals surface area contributed by atoms with E-state index < -0.39 is 34.5 Å². The number of anilines is 1. The predicted octanol–water partition coefficient (Wildman–Crippen LogP) is 2.15. The summed E-state index contributed by atoms with van der Waals surface area (Å²) in [4.78, 5) is 26.1. The number of nitriles is 1. The summed E-state index contributed by atoms with van der Waals surface area (Å²) in [5, 5.41) is 8.81. The molecule has 0 aliphatic carbocycles. The fraction of sp³-hybridized carbons (Fsp3) is 0.286. The molecule has 0 aliphatic rings. The quantitative estimate of drug-likeness (QED) is 0.611. The van der Waals surface area contributed by atoms with Crippen molar-refractivity contribution >= 4 is 27.6 Å². The topological polar surface area (TPSA) is 117 Å². The van der Waals surface area contributed by atoms with E-state index in [1.165, 1.54) is 24.0 Å². The van der Waals surface area contributed by atoms with Gasteiger partial charge in [-0.25, -0.2) is 8.42 Å². The lowest BCUT2D eigenvalue weighted by molar-refractivity contribution is -0.149. The van der Waals surface area contributed by atoms with Crippen molar-refractivity contribution in [2.45, 2.75) is 31.2 Å². The summed E-state index contributed by atoms with van der Waals surface area (Å²) >= 11 is 0. The van der Waals surface area contributed by atoms with Gasteiger partial charge in [-0.2, -0.15) is 9.98 Å². The molecule has 0 radical (unpaired) electrons. The van der Waals surface area contributed by atoms with Crippen LogP contribution in [-0.2, 0) is 24.3 Å². The summed E-state index contributed by atoms with van der Waals surface area (Å²) in [6.45, 7) is 2.74. The minimum atomic E-state index is -3.91. The van der Waals surface area contributed by atoms with Gasteiger partial charge in [0.05, 0.1) is 17.4 Å². The van der Waals surface area contributed by atoms with Crippen molar-refractivity contribution in [1.29, 1.82) is 5.26 Å². The van der Waals surface area contributed by atoms with E-state index in [1.54, 1.807) is 42.5 Å². The molecule has 0 unspecified atom stereocenters. The Kier molecular flexibility index (Phi) is 8.09. The van der Waals surface area contributed by atoms with Crippen LogP contribution in [0.2, 0.25) is 0 Å². The lowest BCUT2D eigenvalue weighted by atomic mass is 10.2. The predicted molar refractivity (Wildman–Crippen MR) is 111 cm³/mol. The molecule has 2 aromatic rings. The zero-order chi connectivity index (χ0) is 22.1. The number of sulfonamides is 1. The number of carbonyl (C=O) groups excluding carboxylic acids is 2. The number of nitrogens with zero attached hydrogens (tertiary/aromatic N) is 2. The zero-order valence-electron chi connectivity index (χ0n) is 16.7. The number of nitrogens with one attached hydrogen (secondary N) is 1. The van der Waals surface area contributed by atoms with E-state index in [9.17, 15) is 18.0 Å². The van der Waals surface area contributed by atoms with Crippen LogP contribution in [0.15, 0.2) is 59.5 Å². The summed E-state index contributed by atoms with van der Waals surface area (Å²) < 4.78 is 32.0. The first kappa shape index (κ1) is 23.1. The monoisotopic (exact) mass is 429 g/mol. The van der Waals surface area contributed by atoms with Gasteiger partial charge in [-0.05, 0) is 38.1 Å². The maximum Gasteiger partial charge on any atom is 0.324 e. The van der Waals surface area contributed by atoms with Crippen LogP contribution in [0.4, 0.5) is 5.69 Å². The van der Waals surface area contributed by atoms with Crippen LogP contribution < -0.4 is 9.62 Å². The average molecular weight is 429 g/mol. The highest BCUT2D eigenvalue weighted by Crippen LogP contribution is 2.14. The molecule has 0 spiro atoms. The molecule has 1 N–H and O–H groups in total. The average Bonchev–Trinajstić information content (AvgIpc) is 2.73. The molecule has 9 heteroatoms. The molecule has 8 nitrogen and oxygen atoms in total. The fourth-order valence-electron chi connectivity index (χ4n) is 2.57. The third-order valence-corrected chi connectivity index (χ3v) is 5.73. The number of hydrogen-bond acceptors (Lipinski definition) is 6. The van der Waals surface area contributed by atoms with Gasteiger partial charge in [0.2, 0.25) is 10.0 Å². The normalized spacial score (nSPS) is 11.9. The van der Waals surface area contributed by atoms with Gasteiger partial charge in [-0.15, -0.1) is 0 Å². The third kappa shape index (κ3) is 6.40. The Hall–Kier alpha value is -3.22. The van der Waals surface area contributed by atoms with Gasteiger partial charge in [0.25, 0.3) is 5.91 Å². The maximum absolute atomic E-state index is 12.5. The summed E-state index contributed by atoms with van der Waals surface area (Å²) in [6.07, 6.45) is 0.112. The SMILES string of the molecule is Cc1ccc(S(=O)(=O)N[C@@H](C)C(=O)OCC(=O)N(CCC#N)c2ccccc2)cc1. The Morgan fingerprint density at radius 3 is 2.37 bits per heavy atom. The van der Waals surface area contributed by atoms with Crippen LogP contribution in [-0.4, -0.2) is 39.5 Å². The van der Waals surface area contributed by atoms with Crippen LogP contribution in [0.3, 0.4) is 0 Å². The van der Waals surface area contributed by atoms with Crippen LogP contribution >= 0.6 is 0 Å². The molecule has 0 aliphatic heterocycles. The molecule has 0 fully saturated rings. The largest absolute Gasteiger partial charge is 0.454 e. The van der Waals surface area contributed by atoms with Gasteiger partial charge in [0, 0.05) is 12.2 Å². The number of hydrogen-bond donors (Lipinski definition) is 1. The maximum atomic E-state index is 12.5. The van der Waals surface area contributed by atoms with Gasteiger partial charge in [-0.3, -0.25) is 9.59 Å². The molecule has 1 amide bonds. The second-order valence-corrected chi connectivity index (χ2v) is 8.27. The van der Waals surface area contributed by atoms with Crippen LogP contribution in [0.25, 0.3) is 0 Å². The van der Waals surface area contributed by atoms with E-state index in [2.05, 4.69) is 4.72 Å². The van der Waals surface area contributed by atoms with E-state index in [1.807, 2.05) is 13.0 Å². The van der Waals surface area contributed by atoms with Gasteiger partial charge in [0.15, 0.2) is 6.61 Å². The summed E-state index contributed by atoms with van der Waals surface area (Å²) in [5.41, 5.74) is 1.47. The Morgan fingerprint density at radius 2 is 1.77 bits per heavy atom. The Labute approximate surface area is 176 Å². The van der Waals surface area contributed by atoms with Crippen LogP contribution in [0.1, 0.15) is 18.9 Å². The molecule has 0 bridgehead atoms. The molecule has 0 aromatic heterocycles. The van der Waals surface area contributed by atoms with Crippen molar-refractivity contribution in [3.8, 4) is 6.07 Å². The number of carbonyl (C=O) groups is 2. The van der Waals surface area contributed by atoms with Crippen LogP contribution in [0.5, 0.6) is 0 Å². The van der Waals surface area contributed by atoms with E-state index >= 15 is 0 Å². The second kappa shape index (κ2) is 10.5. The van der Waals surface area contributed by atoms with E-state index in [4.69, 9.17) is 10.00 Å². The van der Waals surface area contributed by atoms with Crippen molar-refractivity contribution in [3.63, 3.8) is 0 Å². The number of amides is 1. The molecular weight excluding hydrogens is 406 g/mol. The van der Waals surface area contributed by atoms with Gasteiger partial charge >= 0.3 is 5.97 Å². The lowest BCUT2D eigenvalue weighted by Gasteiger charge is -2.22. The highest BCUT2D eigenvalue weighted by molar-refractivity contribution is 7.89. The van der Waals surface area contributed by atoms with E-state index in [0.29, 0.717) is 5.69 Å². The molecule has 158 valence electrons. The molecular formula is C21H23N3O5S. The molecule has 1 atom stereocenters. The van der Waals surface area contributed by atoms with Gasteiger partial charge < -0.3 is 9.64 Å². The van der Waals surface area contributed by atoms with Crippen LogP contribution in [0, 0.1) is 18.3 Å². The number of aryl methyl sites for hydroxylation is 1. The van der Waals surface area contributed by atoms with Crippen molar-refractivity contribution in [2.24, 2.45) is 0 Å². The first-order chi connectivity index (χ1) is 14.2. The van der Waals surface area contributed by atoms with Gasteiger partial charge in [-0.1, -0.05) is 35.9 Å². The summed E-state index contributed by atoms with van der Waals surface area (Å²) in [5.74, 6) is -1.40. The smallest absolute Gasteiger partial charge is 0.324 e. The van der Waals surface area contributed by atoms with Crippen molar-refractivity contribution in [3.05, 3.63) is 60.2 Å². The minimum Gasteiger partial charge on any atom is -0.454 e. The highest BCUT2D eigenvalue weighted by atomic mass is 32.2. The second-order valence-electron chi connectivity index (χ2n) is 6.55. The summed E-state index contributed by atoms with van der Waals surface area (Å²) in [6, 6.07) is 15.6. The molecule has 0 heterocycles. The van der Waals surface area contributed by atoms with E-state index in [-0.39, 0.29) is 17.9 Å². The zero-order valence-corrected chi connectivity index (χ0v) is 17.6. The third-order valence-electron chi connectivity index (χ3n) is 4.17. The Balaban J connectivity index is 1.98. The Morgan fingerprint density at radius 1 is 1.13 bits per heavy atom.